The van der Waals surface area contributed by atoms with Crippen LogP contribution in [-0.2, 0) is 6.42 Å². The van der Waals surface area contributed by atoms with Crippen molar-refractivity contribution in [3.8, 4) is 17.1 Å². The summed E-state index contributed by atoms with van der Waals surface area (Å²) in [6, 6.07) is 12.5. The van der Waals surface area contributed by atoms with Gasteiger partial charge < -0.3 is 15.2 Å². The largest absolute Gasteiger partial charge is 0.475 e. The number of hydrogen-bond donors (Lipinski definition) is 3. The Morgan fingerprint density at radius 3 is 2.68 bits per heavy atom. The number of aromatic amines is 1. The number of ether oxygens (including phenoxy) is 1. The molecule has 38 heavy (non-hydrogen) atoms. The van der Waals surface area contributed by atoms with Crippen molar-refractivity contribution in [2.45, 2.75) is 63.7 Å². The Kier molecular flexibility index (Phi) is 7.12. The van der Waals surface area contributed by atoms with Crippen LogP contribution in [0.15, 0.2) is 54.7 Å². The Morgan fingerprint density at radius 2 is 2.00 bits per heavy atom. The van der Waals surface area contributed by atoms with Crippen LogP contribution in [0.2, 0.25) is 0 Å². The molecule has 2 heterocycles. The molecule has 2 aromatic carbocycles. The summed E-state index contributed by atoms with van der Waals surface area (Å²) in [5.41, 5.74) is 1.44. The van der Waals surface area contributed by atoms with Crippen LogP contribution in [0.4, 0.5) is 8.78 Å². The molecule has 7 nitrogen and oxygen atoms in total. The number of aromatic nitrogens is 3. The summed E-state index contributed by atoms with van der Waals surface area (Å²) in [7, 11) is 0. The number of fused-ring (bicyclic) bond motifs is 1. The van der Waals surface area contributed by atoms with E-state index in [1.807, 2.05) is 19.9 Å². The van der Waals surface area contributed by atoms with Crippen LogP contribution in [-0.4, -0.2) is 43.9 Å². The van der Waals surface area contributed by atoms with Gasteiger partial charge in [0.2, 0.25) is 5.88 Å². The topological polar surface area (TPSA) is 100 Å². The molecular formula is C29H30F2N4O3. The van der Waals surface area contributed by atoms with E-state index in [1.165, 1.54) is 18.2 Å². The molecule has 2 atom stereocenters. The van der Waals surface area contributed by atoms with E-state index >= 15 is 0 Å². The van der Waals surface area contributed by atoms with Gasteiger partial charge in [0, 0.05) is 46.3 Å². The Hall–Kier alpha value is -3.85. The number of benzene rings is 2. The van der Waals surface area contributed by atoms with Crippen molar-refractivity contribution in [1.29, 1.82) is 0 Å². The van der Waals surface area contributed by atoms with Crippen LogP contribution in [0.5, 0.6) is 5.88 Å². The van der Waals surface area contributed by atoms with E-state index in [2.05, 4.69) is 20.5 Å². The molecule has 0 bridgehead atoms. The fourth-order valence-electron chi connectivity index (χ4n) is 5.21. The van der Waals surface area contributed by atoms with Crippen molar-refractivity contribution in [3.63, 3.8) is 0 Å². The zero-order valence-electron chi connectivity index (χ0n) is 21.3. The maximum atomic E-state index is 14.5. The number of hydrogen-bond acceptors (Lipinski definition) is 5. The normalized spacial score (nSPS) is 19.6. The molecule has 1 saturated carbocycles. The van der Waals surface area contributed by atoms with E-state index in [1.54, 1.807) is 30.5 Å². The molecule has 0 aliphatic heterocycles. The molecule has 4 aromatic rings. The molecule has 1 amide bonds. The number of halogens is 2. The Balaban J connectivity index is 1.44. The first kappa shape index (κ1) is 25.8. The van der Waals surface area contributed by atoms with E-state index in [4.69, 9.17) is 4.74 Å². The first-order valence-electron chi connectivity index (χ1n) is 12.8. The average molecular weight is 521 g/mol. The molecule has 9 heteroatoms. The second-order valence-electron chi connectivity index (χ2n) is 10.2. The number of carbonyl (C=O) groups excluding carboxylic acids is 1. The number of pyridine rings is 1. The van der Waals surface area contributed by atoms with Gasteiger partial charge in [0.25, 0.3) is 5.91 Å². The maximum absolute atomic E-state index is 14.5. The summed E-state index contributed by atoms with van der Waals surface area (Å²) in [5.74, 6) is -1.21. The summed E-state index contributed by atoms with van der Waals surface area (Å²) in [4.78, 5) is 17.9. The van der Waals surface area contributed by atoms with E-state index in [0.29, 0.717) is 36.4 Å². The van der Waals surface area contributed by atoms with E-state index in [0.717, 1.165) is 16.5 Å². The van der Waals surface area contributed by atoms with Crippen LogP contribution in [0, 0.1) is 11.6 Å². The van der Waals surface area contributed by atoms with Crippen molar-refractivity contribution in [2.75, 3.05) is 0 Å². The number of carbonyl (C=O) groups is 1. The second kappa shape index (κ2) is 10.5. The van der Waals surface area contributed by atoms with Crippen LogP contribution < -0.4 is 10.1 Å². The SMILES string of the molecule is CC(C)Oc1ccc(-c2n[nH]c3ccc(C(=O)NC4(Cc5c(F)cccc5F)CCC[C@H](O)C4)cc23)cn1. The molecule has 1 unspecified atom stereocenters. The molecule has 0 spiro atoms. The lowest BCUT2D eigenvalue weighted by atomic mass is 9.75. The third kappa shape index (κ3) is 5.38. The highest BCUT2D eigenvalue weighted by Crippen LogP contribution is 2.34. The molecule has 2 aromatic heterocycles. The standard InChI is InChI=1S/C29H30F2N4O3/c1-17(2)38-26-11-9-19(16-32-26)27-21-13-18(8-10-25(21)34-35-27)28(37)33-29(12-4-5-20(36)14-29)15-22-23(30)6-3-7-24(22)31/h3,6-11,13,16-17,20,36H,4-5,12,14-15H2,1-2H3,(H,33,37)(H,34,35)/t20-,29?/m0/s1. The minimum Gasteiger partial charge on any atom is -0.475 e. The van der Waals surface area contributed by atoms with Gasteiger partial charge in [-0.05, 0) is 75.9 Å². The number of aliphatic hydroxyl groups excluding tert-OH is 1. The van der Waals surface area contributed by atoms with Crippen LogP contribution >= 0.6 is 0 Å². The van der Waals surface area contributed by atoms with Crippen molar-refractivity contribution >= 4 is 16.8 Å². The third-order valence-electron chi connectivity index (χ3n) is 6.97. The average Bonchev–Trinajstić information content (AvgIpc) is 3.30. The summed E-state index contributed by atoms with van der Waals surface area (Å²) >= 11 is 0. The highest BCUT2D eigenvalue weighted by Gasteiger charge is 2.39. The lowest BCUT2D eigenvalue weighted by molar-refractivity contribution is 0.0600. The van der Waals surface area contributed by atoms with Crippen LogP contribution in [0.25, 0.3) is 22.2 Å². The zero-order valence-corrected chi connectivity index (χ0v) is 21.3. The van der Waals surface area contributed by atoms with E-state index in [-0.39, 0.29) is 30.4 Å². The Bertz CT molecular complexity index is 1430. The van der Waals surface area contributed by atoms with Crippen molar-refractivity contribution in [2.24, 2.45) is 0 Å². The number of nitrogens with one attached hydrogen (secondary N) is 2. The van der Waals surface area contributed by atoms with Gasteiger partial charge in [-0.2, -0.15) is 5.10 Å². The molecule has 0 radical (unpaired) electrons. The number of amides is 1. The number of H-pyrrole nitrogens is 1. The Morgan fingerprint density at radius 1 is 1.21 bits per heavy atom. The van der Waals surface area contributed by atoms with Crippen molar-refractivity contribution in [3.05, 3.63) is 77.5 Å². The van der Waals surface area contributed by atoms with Gasteiger partial charge in [-0.3, -0.25) is 9.89 Å². The monoisotopic (exact) mass is 520 g/mol. The zero-order chi connectivity index (χ0) is 26.9. The number of aliphatic hydroxyl groups is 1. The fourth-order valence-corrected chi connectivity index (χ4v) is 5.21. The first-order valence-corrected chi connectivity index (χ1v) is 12.8. The van der Waals surface area contributed by atoms with Gasteiger partial charge in [0.05, 0.1) is 17.7 Å². The molecular weight excluding hydrogens is 490 g/mol. The minimum atomic E-state index is -0.984. The molecule has 3 N–H and O–H groups in total. The minimum absolute atomic E-state index is 0.00378. The third-order valence-corrected chi connectivity index (χ3v) is 6.97. The lowest BCUT2D eigenvalue weighted by Gasteiger charge is -2.40. The second-order valence-corrected chi connectivity index (χ2v) is 10.2. The summed E-state index contributed by atoms with van der Waals surface area (Å²) in [6.45, 7) is 3.85. The van der Waals surface area contributed by atoms with E-state index < -0.39 is 23.3 Å². The summed E-state index contributed by atoms with van der Waals surface area (Å²) < 4.78 is 34.7. The van der Waals surface area contributed by atoms with Gasteiger partial charge >= 0.3 is 0 Å². The molecule has 198 valence electrons. The smallest absolute Gasteiger partial charge is 0.251 e. The predicted octanol–water partition coefficient (Wildman–Crippen LogP) is 5.34. The molecule has 0 saturated heterocycles. The summed E-state index contributed by atoms with van der Waals surface area (Å²) in [6.07, 6.45) is 2.87. The van der Waals surface area contributed by atoms with E-state index in [9.17, 15) is 18.7 Å². The predicted molar refractivity (Wildman–Crippen MR) is 140 cm³/mol. The molecule has 1 aliphatic carbocycles. The van der Waals surface area contributed by atoms with Crippen LogP contribution in [0.3, 0.4) is 0 Å². The molecule has 5 rings (SSSR count). The lowest BCUT2D eigenvalue weighted by Crippen LogP contribution is -2.54. The van der Waals surface area contributed by atoms with Gasteiger partial charge in [-0.15, -0.1) is 0 Å². The molecule has 1 fully saturated rings. The summed E-state index contributed by atoms with van der Waals surface area (Å²) in [5, 5.41) is 21.6. The van der Waals surface area contributed by atoms with Crippen molar-refractivity contribution in [1.82, 2.24) is 20.5 Å². The molecule has 1 aliphatic rings. The Labute approximate surface area is 219 Å². The number of rotatable bonds is 7. The van der Waals surface area contributed by atoms with Gasteiger partial charge in [-0.25, -0.2) is 13.8 Å². The highest BCUT2D eigenvalue weighted by atomic mass is 19.1. The van der Waals surface area contributed by atoms with Gasteiger partial charge in [-0.1, -0.05) is 6.07 Å². The van der Waals surface area contributed by atoms with Crippen molar-refractivity contribution < 1.29 is 23.4 Å². The highest BCUT2D eigenvalue weighted by molar-refractivity contribution is 6.01. The van der Waals surface area contributed by atoms with Gasteiger partial charge in [0.15, 0.2) is 0 Å². The van der Waals surface area contributed by atoms with Gasteiger partial charge in [0.1, 0.15) is 17.3 Å². The van der Waals surface area contributed by atoms with Crippen LogP contribution in [0.1, 0.15) is 55.5 Å². The fraction of sp³-hybridized carbons (Fsp3) is 0.345. The number of nitrogens with zero attached hydrogens (tertiary/aromatic N) is 2. The maximum Gasteiger partial charge on any atom is 0.251 e. The first-order chi connectivity index (χ1) is 18.2. The quantitative estimate of drug-likeness (QED) is 0.306.